The second-order valence-corrected chi connectivity index (χ2v) is 6.50. The molecule has 0 bridgehead atoms. The molecular formula is C17H19N5O2S. The van der Waals surface area contributed by atoms with Crippen molar-refractivity contribution in [3.8, 4) is 5.75 Å². The summed E-state index contributed by atoms with van der Waals surface area (Å²) < 4.78 is 7.36. The van der Waals surface area contributed by atoms with E-state index in [2.05, 4.69) is 15.5 Å². The lowest BCUT2D eigenvalue weighted by molar-refractivity contribution is 0.0786. The summed E-state index contributed by atoms with van der Waals surface area (Å²) in [6.07, 6.45) is 0. The Kier molecular flexibility index (Phi) is 5.39. The molecule has 8 heteroatoms. The highest BCUT2D eigenvalue weighted by Gasteiger charge is 2.13. The lowest BCUT2D eigenvalue weighted by atomic mass is 10.2. The van der Waals surface area contributed by atoms with Crippen LogP contribution in [0, 0.1) is 0 Å². The highest BCUT2D eigenvalue weighted by atomic mass is 32.1. The van der Waals surface area contributed by atoms with Crippen LogP contribution in [0.3, 0.4) is 0 Å². The van der Waals surface area contributed by atoms with Gasteiger partial charge in [-0.1, -0.05) is 6.07 Å². The molecule has 2 heterocycles. The summed E-state index contributed by atoms with van der Waals surface area (Å²) >= 11 is 1.64. The van der Waals surface area contributed by atoms with Crippen molar-refractivity contribution in [1.82, 2.24) is 25.1 Å². The van der Waals surface area contributed by atoms with Crippen LogP contribution in [0.5, 0.6) is 5.75 Å². The third-order valence-electron chi connectivity index (χ3n) is 3.69. The molecule has 7 nitrogen and oxygen atoms in total. The number of carbonyl (C=O) groups is 1. The Balaban J connectivity index is 1.58. The van der Waals surface area contributed by atoms with Gasteiger partial charge < -0.3 is 9.64 Å². The van der Waals surface area contributed by atoms with E-state index in [0.717, 1.165) is 4.88 Å². The molecule has 0 unspecified atom stereocenters. The molecule has 2 aromatic heterocycles. The first kappa shape index (κ1) is 17.1. The van der Waals surface area contributed by atoms with Crippen LogP contribution in [0.1, 0.15) is 28.0 Å². The van der Waals surface area contributed by atoms with Gasteiger partial charge in [0.05, 0.1) is 6.54 Å². The van der Waals surface area contributed by atoms with Crippen LogP contribution in [0.25, 0.3) is 0 Å². The van der Waals surface area contributed by atoms with Crippen LogP contribution < -0.4 is 4.74 Å². The number of ether oxygens (including phenoxy) is 1. The highest BCUT2D eigenvalue weighted by Crippen LogP contribution is 2.17. The maximum absolute atomic E-state index is 12.5. The van der Waals surface area contributed by atoms with Crippen LogP contribution in [0.4, 0.5) is 0 Å². The number of hydrogen-bond donors (Lipinski definition) is 0. The lowest BCUT2D eigenvalue weighted by Crippen LogP contribution is -2.25. The average Bonchev–Trinajstić information content (AvgIpc) is 3.31. The molecule has 0 aliphatic heterocycles. The van der Waals surface area contributed by atoms with Crippen molar-refractivity contribution in [2.24, 2.45) is 0 Å². The van der Waals surface area contributed by atoms with Gasteiger partial charge in [-0.3, -0.25) is 4.79 Å². The lowest BCUT2D eigenvalue weighted by Gasteiger charge is -2.16. The number of thiophene rings is 1. The topological polar surface area (TPSA) is 73.1 Å². The van der Waals surface area contributed by atoms with Crippen molar-refractivity contribution < 1.29 is 9.53 Å². The largest absolute Gasteiger partial charge is 0.486 e. The van der Waals surface area contributed by atoms with Gasteiger partial charge in [0, 0.05) is 24.0 Å². The summed E-state index contributed by atoms with van der Waals surface area (Å²) in [6.45, 7) is 3.55. The van der Waals surface area contributed by atoms with E-state index < -0.39 is 0 Å². The molecule has 0 spiro atoms. The predicted molar refractivity (Wildman–Crippen MR) is 94.4 cm³/mol. The Morgan fingerprint density at radius 3 is 2.76 bits per heavy atom. The van der Waals surface area contributed by atoms with Gasteiger partial charge >= 0.3 is 0 Å². The van der Waals surface area contributed by atoms with Crippen molar-refractivity contribution in [3.63, 3.8) is 0 Å². The molecule has 25 heavy (non-hydrogen) atoms. The fourth-order valence-corrected chi connectivity index (χ4v) is 3.10. The molecule has 0 aliphatic rings. The first-order chi connectivity index (χ1) is 12.2. The summed E-state index contributed by atoms with van der Waals surface area (Å²) in [5, 5.41) is 13.4. The second-order valence-electron chi connectivity index (χ2n) is 5.46. The molecule has 1 amide bonds. The van der Waals surface area contributed by atoms with Crippen LogP contribution in [0.2, 0.25) is 0 Å². The number of aryl methyl sites for hydroxylation is 1. The molecule has 130 valence electrons. The smallest absolute Gasteiger partial charge is 0.253 e. The Labute approximate surface area is 149 Å². The first-order valence-corrected chi connectivity index (χ1v) is 8.81. The van der Waals surface area contributed by atoms with E-state index in [9.17, 15) is 4.79 Å². The first-order valence-electron chi connectivity index (χ1n) is 7.93. The molecule has 3 aromatic rings. The summed E-state index contributed by atoms with van der Waals surface area (Å²) in [5.74, 6) is 1.32. The summed E-state index contributed by atoms with van der Waals surface area (Å²) in [4.78, 5) is 15.3. The number of tetrazole rings is 1. The van der Waals surface area contributed by atoms with Crippen molar-refractivity contribution >= 4 is 17.2 Å². The minimum Gasteiger partial charge on any atom is -0.486 e. The molecule has 0 atom stereocenters. The molecule has 0 saturated carbocycles. The Morgan fingerprint density at radius 2 is 2.08 bits per heavy atom. The monoisotopic (exact) mass is 357 g/mol. The molecule has 0 N–H and O–H groups in total. The SMILES string of the molecule is CCn1nnnc1COc1ccc(C(=O)N(C)Cc2cccs2)cc1. The fraction of sp³-hybridized carbons (Fsp3) is 0.294. The summed E-state index contributed by atoms with van der Waals surface area (Å²) in [7, 11) is 1.80. The molecule has 0 radical (unpaired) electrons. The van der Waals surface area contributed by atoms with Crippen LogP contribution in [-0.2, 0) is 19.7 Å². The van der Waals surface area contributed by atoms with Gasteiger partial charge in [-0.25, -0.2) is 4.68 Å². The van der Waals surface area contributed by atoms with Crippen LogP contribution in [-0.4, -0.2) is 38.1 Å². The van der Waals surface area contributed by atoms with Gasteiger partial charge in [-0.05, 0) is 53.1 Å². The maximum Gasteiger partial charge on any atom is 0.253 e. The minimum absolute atomic E-state index is 0.0186. The number of amides is 1. The molecule has 3 rings (SSSR count). The molecule has 0 aliphatic carbocycles. The van der Waals surface area contributed by atoms with Gasteiger partial charge in [0.2, 0.25) is 0 Å². The average molecular weight is 357 g/mol. The zero-order valence-electron chi connectivity index (χ0n) is 14.1. The van der Waals surface area contributed by atoms with Gasteiger partial charge in [0.25, 0.3) is 5.91 Å². The number of carbonyl (C=O) groups excluding carboxylic acids is 1. The summed E-state index contributed by atoms with van der Waals surface area (Å²) in [6, 6.07) is 11.1. The van der Waals surface area contributed by atoms with Gasteiger partial charge in [0.15, 0.2) is 5.82 Å². The van der Waals surface area contributed by atoms with Crippen molar-refractivity contribution in [3.05, 3.63) is 58.0 Å². The normalized spacial score (nSPS) is 10.6. The van der Waals surface area contributed by atoms with Gasteiger partial charge in [-0.2, -0.15) is 0 Å². The zero-order valence-corrected chi connectivity index (χ0v) is 14.9. The molecule has 0 saturated heterocycles. The van der Waals surface area contributed by atoms with E-state index in [1.807, 2.05) is 24.4 Å². The van der Waals surface area contributed by atoms with Gasteiger partial charge in [0.1, 0.15) is 12.4 Å². The third kappa shape index (κ3) is 4.21. The molecular weight excluding hydrogens is 338 g/mol. The van der Waals surface area contributed by atoms with E-state index in [1.54, 1.807) is 52.2 Å². The molecule has 1 aromatic carbocycles. The van der Waals surface area contributed by atoms with Crippen LogP contribution >= 0.6 is 11.3 Å². The van der Waals surface area contributed by atoms with Crippen molar-refractivity contribution in [2.75, 3.05) is 7.05 Å². The maximum atomic E-state index is 12.5. The standard InChI is InChI=1S/C17H19N5O2S/c1-3-22-16(18-19-20-22)12-24-14-8-6-13(7-9-14)17(23)21(2)11-15-5-4-10-25-15/h4-10H,3,11-12H2,1-2H3. The van der Waals surface area contributed by atoms with Crippen LogP contribution in [0.15, 0.2) is 41.8 Å². The highest BCUT2D eigenvalue weighted by molar-refractivity contribution is 7.09. The van der Waals surface area contributed by atoms with E-state index in [0.29, 0.717) is 30.2 Å². The zero-order chi connectivity index (χ0) is 17.6. The Hall–Kier alpha value is -2.74. The number of rotatable bonds is 7. The fourth-order valence-electron chi connectivity index (χ4n) is 2.34. The van der Waals surface area contributed by atoms with Crippen molar-refractivity contribution in [2.45, 2.75) is 26.6 Å². The Bertz CT molecular complexity index is 814. The third-order valence-corrected chi connectivity index (χ3v) is 4.56. The summed E-state index contributed by atoms with van der Waals surface area (Å²) in [5.41, 5.74) is 0.629. The number of hydrogen-bond acceptors (Lipinski definition) is 6. The number of benzene rings is 1. The van der Waals surface area contributed by atoms with Crippen molar-refractivity contribution in [1.29, 1.82) is 0 Å². The minimum atomic E-state index is -0.0186. The molecule has 0 fully saturated rings. The van der Waals surface area contributed by atoms with Gasteiger partial charge in [-0.15, -0.1) is 16.4 Å². The second kappa shape index (κ2) is 7.89. The number of nitrogens with zero attached hydrogens (tertiary/aromatic N) is 5. The van der Waals surface area contributed by atoms with E-state index in [4.69, 9.17) is 4.74 Å². The van der Waals surface area contributed by atoms with E-state index in [-0.39, 0.29) is 12.5 Å². The van der Waals surface area contributed by atoms with E-state index >= 15 is 0 Å². The predicted octanol–water partition coefficient (Wildman–Crippen LogP) is 2.61. The van der Waals surface area contributed by atoms with E-state index in [1.165, 1.54) is 0 Å². The quantitative estimate of drug-likeness (QED) is 0.650. The Morgan fingerprint density at radius 1 is 1.28 bits per heavy atom. The number of aromatic nitrogens is 4.